The monoisotopic (exact) mass is 487 g/mol. The molecule has 4 atom stereocenters. The number of esters is 1. The molecule has 1 heterocycles. The number of amides is 2. The zero-order chi connectivity index (χ0) is 21.7. The molecular formula is C24H26BrNO5. The van der Waals surface area contributed by atoms with Crippen molar-refractivity contribution >= 4 is 39.5 Å². The summed E-state index contributed by atoms with van der Waals surface area (Å²) in [6.45, 7) is -0.268. The van der Waals surface area contributed by atoms with Crippen LogP contribution < -0.4 is 0 Å². The zero-order valence-corrected chi connectivity index (χ0v) is 18.9. The molecule has 2 amide bonds. The van der Waals surface area contributed by atoms with Crippen molar-refractivity contribution in [2.24, 2.45) is 29.6 Å². The Labute approximate surface area is 189 Å². The fourth-order valence-corrected chi connectivity index (χ4v) is 6.60. The van der Waals surface area contributed by atoms with E-state index in [0.717, 1.165) is 23.7 Å². The van der Waals surface area contributed by atoms with Crippen LogP contribution in [0, 0.1) is 29.6 Å². The minimum atomic E-state index is -0.363. The van der Waals surface area contributed by atoms with Crippen molar-refractivity contribution in [1.29, 1.82) is 0 Å². The zero-order valence-electron chi connectivity index (χ0n) is 17.3. The number of carbonyl (C=O) groups excluding carboxylic acids is 4. The van der Waals surface area contributed by atoms with Gasteiger partial charge in [0.2, 0.25) is 11.8 Å². The van der Waals surface area contributed by atoms with E-state index in [0.29, 0.717) is 43.1 Å². The van der Waals surface area contributed by atoms with Crippen LogP contribution in [0.5, 0.6) is 0 Å². The summed E-state index contributed by atoms with van der Waals surface area (Å²) in [5.74, 6) is -0.185. The van der Waals surface area contributed by atoms with E-state index < -0.39 is 0 Å². The Bertz CT molecular complexity index is 892. The van der Waals surface area contributed by atoms with E-state index in [-0.39, 0.29) is 54.0 Å². The van der Waals surface area contributed by atoms with Gasteiger partial charge in [-0.2, -0.15) is 0 Å². The van der Waals surface area contributed by atoms with Gasteiger partial charge in [-0.15, -0.1) is 0 Å². The number of imide groups is 1. The van der Waals surface area contributed by atoms with Gasteiger partial charge in [-0.25, -0.2) is 0 Å². The molecule has 1 aliphatic heterocycles. The third-order valence-corrected chi connectivity index (χ3v) is 8.40. The van der Waals surface area contributed by atoms with E-state index in [1.807, 2.05) is 0 Å². The molecule has 1 aromatic carbocycles. The molecule has 0 radical (unpaired) electrons. The third-order valence-electron chi connectivity index (χ3n) is 7.87. The number of ether oxygens (including phenoxy) is 1. The number of halogens is 1. The van der Waals surface area contributed by atoms with Crippen molar-refractivity contribution in [2.45, 2.75) is 51.0 Å². The molecule has 3 saturated carbocycles. The van der Waals surface area contributed by atoms with E-state index in [2.05, 4.69) is 15.9 Å². The van der Waals surface area contributed by atoms with E-state index in [4.69, 9.17) is 4.74 Å². The fraction of sp³-hybridized carbons (Fsp3) is 0.583. The molecule has 7 heteroatoms. The molecule has 0 aromatic heterocycles. The van der Waals surface area contributed by atoms with E-state index in [1.165, 1.54) is 0 Å². The molecule has 1 aromatic rings. The van der Waals surface area contributed by atoms with Crippen molar-refractivity contribution in [3.63, 3.8) is 0 Å². The van der Waals surface area contributed by atoms with Gasteiger partial charge in [-0.05, 0) is 68.9 Å². The van der Waals surface area contributed by atoms with Crippen LogP contribution in [0.4, 0.5) is 0 Å². The van der Waals surface area contributed by atoms with Crippen molar-refractivity contribution < 1.29 is 23.9 Å². The predicted molar refractivity (Wildman–Crippen MR) is 115 cm³/mol. The topological polar surface area (TPSA) is 80.8 Å². The fourth-order valence-electron chi connectivity index (χ4n) is 6.34. The molecule has 2 bridgehead atoms. The molecule has 3 aliphatic carbocycles. The first-order valence-corrected chi connectivity index (χ1v) is 12.1. The van der Waals surface area contributed by atoms with Crippen LogP contribution in [-0.2, 0) is 19.1 Å². The second kappa shape index (κ2) is 8.15. The minimum Gasteiger partial charge on any atom is -0.457 e. The number of benzene rings is 1. The molecule has 4 fully saturated rings. The van der Waals surface area contributed by atoms with Crippen LogP contribution in [0.25, 0.3) is 0 Å². The maximum absolute atomic E-state index is 13.0. The van der Waals surface area contributed by atoms with E-state index in [9.17, 15) is 19.2 Å². The average Bonchev–Trinajstić information content (AvgIpc) is 3.46. The first-order chi connectivity index (χ1) is 14.9. The summed E-state index contributed by atoms with van der Waals surface area (Å²) in [5.41, 5.74) is 0.505. The second-order valence-corrected chi connectivity index (χ2v) is 10.4. The largest absolute Gasteiger partial charge is 0.457 e. The number of hydrogen-bond donors (Lipinski definition) is 0. The Morgan fingerprint density at radius 2 is 1.48 bits per heavy atom. The highest BCUT2D eigenvalue weighted by Crippen LogP contribution is 2.56. The van der Waals surface area contributed by atoms with Crippen molar-refractivity contribution in [2.75, 3.05) is 6.61 Å². The quantitative estimate of drug-likeness (QED) is 0.358. The first kappa shape index (κ1) is 20.9. The molecule has 0 spiro atoms. The first-order valence-electron chi connectivity index (χ1n) is 11.3. The van der Waals surface area contributed by atoms with Crippen LogP contribution in [-0.4, -0.2) is 41.1 Å². The summed E-state index contributed by atoms with van der Waals surface area (Å²) in [7, 11) is 0. The van der Waals surface area contributed by atoms with Crippen LogP contribution in [0.3, 0.4) is 0 Å². The van der Waals surface area contributed by atoms with Crippen LogP contribution >= 0.6 is 15.9 Å². The van der Waals surface area contributed by atoms with Gasteiger partial charge < -0.3 is 4.74 Å². The molecular weight excluding hydrogens is 462 g/mol. The summed E-state index contributed by atoms with van der Waals surface area (Å²) in [5, 5.41) is 0. The lowest BCUT2D eigenvalue weighted by Gasteiger charge is -2.33. The maximum Gasteiger partial charge on any atom is 0.309 e. The van der Waals surface area contributed by atoms with Crippen molar-refractivity contribution in [3.05, 3.63) is 34.3 Å². The van der Waals surface area contributed by atoms with Crippen molar-refractivity contribution in [3.8, 4) is 0 Å². The standard InChI is InChI=1S/C24H26BrNO5/c25-17-7-3-13(4-8-17)19(27)12-31-24(30)14-5-9-18(10-6-14)26-22(28)20-15-1-2-16(11-15)21(20)23(26)29/h3-4,7-8,14-16,18,20-21H,1-2,5-6,9-12H2/t14?,15-,16+,18?,20-,21-/m0/s1. The predicted octanol–water partition coefficient (Wildman–Crippen LogP) is 3.76. The normalized spacial score (nSPS) is 34.2. The highest BCUT2D eigenvalue weighted by molar-refractivity contribution is 9.10. The van der Waals surface area contributed by atoms with Crippen LogP contribution in [0.1, 0.15) is 55.3 Å². The molecule has 4 aliphatic rings. The number of carbonyl (C=O) groups is 4. The maximum atomic E-state index is 13.0. The van der Waals surface area contributed by atoms with Gasteiger partial charge in [0.05, 0.1) is 17.8 Å². The summed E-state index contributed by atoms with van der Waals surface area (Å²) < 4.78 is 6.16. The SMILES string of the molecule is O=C(COC(=O)C1CCC(N2C(=O)[C@H]3[C@@H]4CC[C@@H](C4)[C@@H]3C2=O)CC1)c1ccc(Br)cc1. The Hall–Kier alpha value is -2.02. The Morgan fingerprint density at radius 1 is 0.903 bits per heavy atom. The molecule has 31 heavy (non-hydrogen) atoms. The molecule has 0 unspecified atom stereocenters. The van der Waals surface area contributed by atoms with Gasteiger partial charge in [0, 0.05) is 16.1 Å². The molecule has 164 valence electrons. The average molecular weight is 488 g/mol. The van der Waals surface area contributed by atoms with Crippen LogP contribution in [0.2, 0.25) is 0 Å². The summed E-state index contributed by atoms with van der Waals surface area (Å²) in [6, 6.07) is 6.83. The lowest BCUT2D eigenvalue weighted by molar-refractivity contribution is -0.149. The third kappa shape index (κ3) is 3.65. The second-order valence-electron chi connectivity index (χ2n) is 9.47. The molecule has 0 N–H and O–H groups in total. The Morgan fingerprint density at radius 3 is 2.06 bits per heavy atom. The van der Waals surface area contributed by atoms with E-state index in [1.54, 1.807) is 29.2 Å². The molecule has 5 rings (SSSR count). The highest BCUT2D eigenvalue weighted by Gasteiger charge is 2.61. The summed E-state index contributed by atoms with van der Waals surface area (Å²) in [6.07, 6.45) is 5.62. The smallest absolute Gasteiger partial charge is 0.309 e. The van der Waals surface area contributed by atoms with Gasteiger partial charge in [0.25, 0.3) is 0 Å². The molecule has 1 saturated heterocycles. The number of rotatable bonds is 5. The highest BCUT2D eigenvalue weighted by atomic mass is 79.9. The molecule has 6 nitrogen and oxygen atoms in total. The van der Waals surface area contributed by atoms with Gasteiger partial charge in [0.1, 0.15) is 0 Å². The van der Waals surface area contributed by atoms with Gasteiger partial charge in [0.15, 0.2) is 12.4 Å². The van der Waals surface area contributed by atoms with E-state index >= 15 is 0 Å². The van der Waals surface area contributed by atoms with Crippen molar-refractivity contribution in [1.82, 2.24) is 4.90 Å². The minimum absolute atomic E-state index is 0.0355. The number of ketones is 1. The summed E-state index contributed by atoms with van der Waals surface area (Å²) >= 11 is 3.33. The van der Waals surface area contributed by atoms with Gasteiger partial charge >= 0.3 is 5.97 Å². The number of Topliss-reactive ketones (excluding diaryl/α,β-unsaturated/α-hetero) is 1. The Balaban J connectivity index is 1.13. The lowest BCUT2D eigenvalue weighted by atomic mass is 9.81. The van der Waals surface area contributed by atoms with Gasteiger partial charge in [-0.1, -0.05) is 28.1 Å². The lowest BCUT2D eigenvalue weighted by Crippen LogP contribution is -2.44. The Kier molecular flexibility index (Phi) is 5.49. The van der Waals surface area contributed by atoms with Gasteiger partial charge in [-0.3, -0.25) is 24.1 Å². The number of likely N-dealkylation sites (tertiary alicyclic amines) is 1. The number of fused-ring (bicyclic) bond motifs is 5. The number of nitrogens with zero attached hydrogens (tertiary/aromatic N) is 1. The van der Waals surface area contributed by atoms with Crippen LogP contribution in [0.15, 0.2) is 28.7 Å². The number of hydrogen-bond acceptors (Lipinski definition) is 5. The summed E-state index contributed by atoms with van der Waals surface area (Å²) in [4.78, 5) is 52.3.